The predicted octanol–water partition coefficient (Wildman–Crippen LogP) is 2.69. The van der Waals surface area contributed by atoms with Gasteiger partial charge in [0.15, 0.2) is 17.8 Å². The van der Waals surface area contributed by atoms with Gasteiger partial charge >= 0.3 is 0 Å². The molecule has 2 rings (SSSR count). The number of hydrogen-bond acceptors (Lipinski definition) is 4. The van der Waals surface area contributed by atoms with Crippen LogP contribution in [0.5, 0.6) is 11.5 Å². The van der Waals surface area contributed by atoms with Crippen LogP contribution in [0.4, 0.5) is 0 Å². The molecule has 0 unspecified atom stereocenters. The molecule has 19 heavy (non-hydrogen) atoms. The molecule has 1 heterocycles. The molecule has 100 valence electrons. The fourth-order valence-electron chi connectivity index (χ4n) is 1.76. The maximum atomic E-state index is 10.6. The van der Waals surface area contributed by atoms with Gasteiger partial charge in [-0.25, -0.2) is 0 Å². The van der Waals surface area contributed by atoms with Crippen LogP contribution >= 0.6 is 0 Å². The summed E-state index contributed by atoms with van der Waals surface area (Å²) in [7, 11) is 0. The molecule has 5 heteroatoms. The lowest BCUT2D eigenvalue weighted by Gasteiger charge is -2.11. The summed E-state index contributed by atoms with van der Waals surface area (Å²) in [4.78, 5) is 10.6. The minimum Gasteiger partial charge on any atom is -0.490 e. The molecule has 1 aromatic carbocycles. The first-order valence-electron chi connectivity index (χ1n) is 6.19. The molecule has 0 saturated carbocycles. The third kappa shape index (κ3) is 2.93. The van der Waals surface area contributed by atoms with E-state index in [0.29, 0.717) is 36.1 Å². The highest BCUT2D eigenvalue weighted by Gasteiger charge is 2.09. The van der Waals surface area contributed by atoms with E-state index in [-0.39, 0.29) is 0 Å². The summed E-state index contributed by atoms with van der Waals surface area (Å²) < 4.78 is 11.0. The quantitative estimate of drug-likeness (QED) is 0.811. The van der Waals surface area contributed by atoms with Crippen molar-refractivity contribution in [2.24, 2.45) is 0 Å². The van der Waals surface area contributed by atoms with Crippen molar-refractivity contribution in [2.45, 2.75) is 13.8 Å². The van der Waals surface area contributed by atoms with Crippen LogP contribution in [0.1, 0.15) is 24.3 Å². The summed E-state index contributed by atoms with van der Waals surface area (Å²) in [6.45, 7) is 4.98. The van der Waals surface area contributed by atoms with Gasteiger partial charge in [-0.3, -0.25) is 9.89 Å². The maximum Gasteiger partial charge on any atom is 0.167 e. The Morgan fingerprint density at radius 1 is 1.16 bits per heavy atom. The van der Waals surface area contributed by atoms with Crippen molar-refractivity contribution >= 4 is 6.29 Å². The van der Waals surface area contributed by atoms with Crippen LogP contribution in [0.2, 0.25) is 0 Å². The standard InChI is InChI=1S/C14H16N2O3/c1-3-18-13-6-5-10(7-14(13)19-4-2)12-8-11(9-17)15-16-12/h5-9H,3-4H2,1-2H3,(H,15,16). The predicted molar refractivity (Wildman–Crippen MR) is 71.7 cm³/mol. The Hall–Kier alpha value is -2.30. The lowest BCUT2D eigenvalue weighted by Crippen LogP contribution is -1.98. The minimum absolute atomic E-state index is 0.446. The van der Waals surface area contributed by atoms with Crippen molar-refractivity contribution in [3.63, 3.8) is 0 Å². The van der Waals surface area contributed by atoms with Gasteiger partial charge in [0, 0.05) is 5.56 Å². The molecular weight excluding hydrogens is 244 g/mol. The summed E-state index contributed by atoms with van der Waals surface area (Å²) in [5, 5.41) is 6.74. The zero-order valence-corrected chi connectivity index (χ0v) is 11.0. The van der Waals surface area contributed by atoms with E-state index in [1.54, 1.807) is 6.07 Å². The maximum absolute atomic E-state index is 10.6. The molecular formula is C14H16N2O3. The highest BCUT2D eigenvalue weighted by molar-refractivity contribution is 5.75. The molecule has 5 nitrogen and oxygen atoms in total. The number of ether oxygens (including phenoxy) is 2. The largest absolute Gasteiger partial charge is 0.490 e. The Kier molecular flexibility index (Phi) is 4.18. The van der Waals surface area contributed by atoms with Crippen LogP contribution in [0, 0.1) is 0 Å². The smallest absolute Gasteiger partial charge is 0.167 e. The molecule has 0 atom stereocenters. The fraction of sp³-hybridized carbons (Fsp3) is 0.286. The van der Waals surface area contributed by atoms with Crippen LogP contribution in [-0.4, -0.2) is 29.7 Å². The first kappa shape index (κ1) is 13.1. The molecule has 0 aliphatic carbocycles. The summed E-state index contributed by atoms with van der Waals surface area (Å²) >= 11 is 0. The van der Waals surface area contributed by atoms with Gasteiger partial charge in [0.2, 0.25) is 0 Å². The number of benzene rings is 1. The van der Waals surface area contributed by atoms with Gasteiger partial charge in [0.1, 0.15) is 0 Å². The van der Waals surface area contributed by atoms with Gasteiger partial charge < -0.3 is 9.47 Å². The number of aromatic amines is 1. The summed E-state index contributed by atoms with van der Waals surface area (Å²) in [6.07, 6.45) is 0.731. The van der Waals surface area contributed by atoms with Gasteiger partial charge in [-0.15, -0.1) is 0 Å². The van der Waals surface area contributed by atoms with Crippen molar-refractivity contribution < 1.29 is 14.3 Å². The number of aldehydes is 1. The molecule has 0 saturated heterocycles. The van der Waals surface area contributed by atoms with Crippen LogP contribution in [0.3, 0.4) is 0 Å². The monoisotopic (exact) mass is 260 g/mol. The van der Waals surface area contributed by atoms with Crippen LogP contribution < -0.4 is 9.47 Å². The lowest BCUT2D eigenvalue weighted by molar-refractivity contribution is 0.111. The highest BCUT2D eigenvalue weighted by Crippen LogP contribution is 2.32. The minimum atomic E-state index is 0.446. The molecule has 0 bridgehead atoms. The van der Waals surface area contributed by atoms with Crippen molar-refractivity contribution in [3.8, 4) is 22.8 Å². The van der Waals surface area contributed by atoms with Crippen molar-refractivity contribution in [1.29, 1.82) is 0 Å². The van der Waals surface area contributed by atoms with Gasteiger partial charge in [-0.05, 0) is 38.1 Å². The molecule has 2 aromatic rings. The van der Waals surface area contributed by atoms with Crippen LogP contribution in [0.15, 0.2) is 24.3 Å². The van der Waals surface area contributed by atoms with Crippen LogP contribution in [-0.2, 0) is 0 Å². The molecule has 0 radical (unpaired) electrons. The third-order valence-electron chi connectivity index (χ3n) is 2.56. The molecule has 0 spiro atoms. The fourth-order valence-corrected chi connectivity index (χ4v) is 1.76. The zero-order valence-electron chi connectivity index (χ0n) is 11.0. The van der Waals surface area contributed by atoms with Crippen LogP contribution in [0.25, 0.3) is 11.3 Å². The third-order valence-corrected chi connectivity index (χ3v) is 2.56. The molecule has 1 aromatic heterocycles. The normalized spacial score (nSPS) is 10.2. The topological polar surface area (TPSA) is 64.2 Å². The van der Waals surface area contributed by atoms with E-state index in [2.05, 4.69) is 10.2 Å². The highest BCUT2D eigenvalue weighted by atomic mass is 16.5. The summed E-state index contributed by atoms with van der Waals surface area (Å²) in [5.74, 6) is 1.39. The Morgan fingerprint density at radius 3 is 2.53 bits per heavy atom. The summed E-state index contributed by atoms with van der Waals surface area (Å²) in [5.41, 5.74) is 2.02. The van der Waals surface area contributed by atoms with Crippen molar-refractivity contribution in [2.75, 3.05) is 13.2 Å². The van der Waals surface area contributed by atoms with E-state index in [1.807, 2.05) is 32.0 Å². The molecule has 1 N–H and O–H groups in total. The number of carbonyl (C=O) groups excluding carboxylic acids is 1. The van der Waals surface area contributed by atoms with E-state index >= 15 is 0 Å². The molecule has 0 aliphatic rings. The van der Waals surface area contributed by atoms with E-state index in [4.69, 9.17) is 9.47 Å². The van der Waals surface area contributed by atoms with Gasteiger partial charge in [0.25, 0.3) is 0 Å². The second-order valence-corrected chi connectivity index (χ2v) is 3.85. The van der Waals surface area contributed by atoms with Crippen molar-refractivity contribution in [3.05, 3.63) is 30.0 Å². The molecule has 0 aliphatic heterocycles. The number of nitrogens with zero attached hydrogens (tertiary/aromatic N) is 1. The van der Waals surface area contributed by atoms with E-state index in [0.717, 1.165) is 11.8 Å². The molecule has 0 fully saturated rings. The molecule has 0 amide bonds. The zero-order chi connectivity index (χ0) is 13.7. The Morgan fingerprint density at radius 2 is 1.89 bits per heavy atom. The Bertz CT molecular complexity index is 564. The van der Waals surface area contributed by atoms with Gasteiger partial charge in [-0.2, -0.15) is 5.10 Å². The second kappa shape index (κ2) is 6.04. The number of rotatable bonds is 6. The van der Waals surface area contributed by atoms with E-state index in [1.165, 1.54) is 0 Å². The number of nitrogens with one attached hydrogen (secondary N) is 1. The first-order chi connectivity index (χ1) is 9.28. The lowest BCUT2D eigenvalue weighted by atomic mass is 10.1. The second-order valence-electron chi connectivity index (χ2n) is 3.85. The number of H-pyrrole nitrogens is 1. The SMILES string of the molecule is CCOc1ccc(-c2cc(C=O)[nH]n2)cc1OCC. The van der Waals surface area contributed by atoms with E-state index < -0.39 is 0 Å². The Balaban J connectivity index is 2.36. The average Bonchev–Trinajstić information content (AvgIpc) is 2.90. The van der Waals surface area contributed by atoms with E-state index in [9.17, 15) is 4.79 Å². The summed E-state index contributed by atoms with van der Waals surface area (Å²) in [6, 6.07) is 7.29. The number of aromatic nitrogens is 2. The first-order valence-corrected chi connectivity index (χ1v) is 6.19. The van der Waals surface area contributed by atoms with Crippen molar-refractivity contribution in [1.82, 2.24) is 10.2 Å². The average molecular weight is 260 g/mol. The Labute approximate surface area is 111 Å². The number of hydrogen-bond donors (Lipinski definition) is 1. The van der Waals surface area contributed by atoms with Gasteiger partial charge in [0.05, 0.1) is 24.6 Å². The van der Waals surface area contributed by atoms with Gasteiger partial charge in [-0.1, -0.05) is 0 Å². The number of carbonyl (C=O) groups is 1.